The zero-order chi connectivity index (χ0) is 30.3. The number of carboxylic acids is 1. The lowest BCUT2D eigenvalue weighted by Gasteiger charge is -2.72. The first-order valence-corrected chi connectivity index (χ1v) is 16.5. The van der Waals surface area contributed by atoms with Crippen molar-refractivity contribution < 1.29 is 14.7 Å². The second-order valence-corrected chi connectivity index (χ2v) is 16.2. The number of carboxylic acid groups (broad SMARTS) is 1. The molecule has 1 amide bonds. The summed E-state index contributed by atoms with van der Waals surface area (Å²) in [5.74, 6) is 1.38. The van der Waals surface area contributed by atoms with Gasteiger partial charge in [-0.1, -0.05) is 65.0 Å². The zero-order valence-corrected chi connectivity index (χ0v) is 26.8. The summed E-state index contributed by atoms with van der Waals surface area (Å²) in [6, 6.07) is 9.33. The molecule has 5 nitrogen and oxygen atoms in total. The Kier molecular flexibility index (Phi) is 6.91. The predicted molar refractivity (Wildman–Crippen MR) is 168 cm³/mol. The summed E-state index contributed by atoms with van der Waals surface area (Å²) in [6.45, 7) is 19.0. The molecule has 5 heteroatoms. The van der Waals surface area contributed by atoms with Crippen molar-refractivity contribution in [3.63, 3.8) is 0 Å². The van der Waals surface area contributed by atoms with E-state index in [2.05, 4.69) is 53.5 Å². The van der Waals surface area contributed by atoms with Gasteiger partial charge in [0.1, 0.15) is 0 Å². The highest BCUT2D eigenvalue weighted by Crippen LogP contribution is 2.77. The second kappa shape index (κ2) is 9.79. The Bertz CT molecular complexity index is 1320. The molecular weight excluding hydrogens is 520 g/mol. The number of carbonyl (C=O) groups is 2. The molecule has 5 aliphatic carbocycles. The Labute approximate surface area is 253 Å². The summed E-state index contributed by atoms with van der Waals surface area (Å²) in [7, 11) is 0. The maximum atomic E-state index is 12.9. The topological polar surface area (TPSA) is 78.8 Å². The number of hydrazone groups is 1. The van der Waals surface area contributed by atoms with Gasteiger partial charge in [0, 0.05) is 16.7 Å². The minimum absolute atomic E-state index is 0.0996. The Balaban J connectivity index is 1.29. The standard InChI is InChI=1S/C37H52N2O3/c1-23(2)25-15-20-37(32(41)42)22-21-35(6)26(30(25)37)13-14-28-34(5)18-17-29(33(3,4)27(34)16-19-36(28,35)7)38-39-31(40)24-11-9-8-10-12-24/h8-12,25-28,30H,1,13-22H2,2-7H3,(H,39,40)(H,41,42)/b38-29+/t25?,26-,27+,28-,30-,34+,35-,36-,37?/m1/s1. The van der Waals surface area contributed by atoms with Crippen molar-refractivity contribution in [2.75, 3.05) is 0 Å². The summed E-state index contributed by atoms with van der Waals surface area (Å²) in [4.78, 5) is 25.7. The number of amides is 1. The van der Waals surface area contributed by atoms with Gasteiger partial charge < -0.3 is 5.11 Å². The maximum Gasteiger partial charge on any atom is 0.309 e. The van der Waals surface area contributed by atoms with E-state index in [1.807, 2.05) is 30.3 Å². The van der Waals surface area contributed by atoms with Gasteiger partial charge in [-0.2, -0.15) is 5.10 Å². The van der Waals surface area contributed by atoms with Crippen LogP contribution in [0.25, 0.3) is 0 Å². The number of allylic oxidation sites excluding steroid dienone is 1. The van der Waals surface area contributed by atoms with E-state index in [0.29, 0.717) is 29.2 Å². The van der Waals surface area contributed by atoms with E-state index in [1.54, 1.807) is 0 Å². The van der Waals surface area contributed by atoms with Gasteiger partial charge in [-0.3, -0.25) is 9.59 Å². The molecule has 1 aromatic rings. The number of benzene rings is 1. The second-order valence-electron chi connectivity index (χ2n) is 16.2. The van der Waals surface area contributed by atoms with Crippen molar-refractivity contribution in [2.24, 2.45) is 61.8 Å². The van der Waals surface area contributed by atoms with Gasteiger partial charge >= 0.3 is 5.97 Å². The zero-order valence-electron chi connectivity index (χ0n) is 26.8. The van der Waals surface area contributed by atoms with Gasteiger partial charge in [-0.05, 0) is 129 Å². The molecule has 228 valence electrons. The van der Waals surface area contributed by atoms with E-state index in [0.717, 1.165) is 57.1 Å². The molecule has 0 aliphatic heterocycles. The first-order valence-electron chi connectivity index (χ1n) is 16.5. The largest absolute Gasteiger partial charge is 0.481 e. The first kappa shape index (κ1) is 29.6. The van der Waals surface area contributed by atoms with E-state index in [9.17, 15) is 14.7 Å². The summed E-state index contributed by atoms with van der Waals surface area (Å²) in [5.41, 5.74) is 5.66. The monoisotopic (exact) mass is 572 g/mol. The van der Waals surface area contributed by atoms with E-state index in [-0.39, 0.29) is 33.5 Å². The third-order valence-electron chi connectivity index (χ3n) is 14.6. The van der Waals surface area contributed by atoms with Crippen LogP contribution in [0, 0.1) is 56.7 Å². The smallest absolute Gasteiger partial charge is 0.309 e. The molecule has 2 unspecified atom stereocenters. The van der Waals surface area contributed by atoms with Crippen LogP contribution in [-0.4, -0.2) is 22.7 Å². The Morgan fingerprint density at radius 3 is 2.26 bits per heavy atom. The summed E-state index contributed by atoms with van der Waals surface area (Å²) in [5, 5.41) is 15.4. The van der Waals surface area contributed by atoms with Crippen LogP contribution in [0.15, 0.2) is 47.6 Å². The van der Waals surface area contributed by atoms with E-state index < -0.39 is 11.4 Å². The third kappa shape index (κ3) is 3.90. The Hall–Kier alpha value is -2.43. The van der Waals surface area contributed by atoms with Crippen molar-refractivity contribution in [2.45, 2.75) is 106 Å². The van der Waals surface area contributed by atoms with Gasteiger partial charge in [-0.25, -0.2) is 5.43 Å². The molecule has 0 spiro atoms. The predicted octanol–water partition coefficient (Wildman–Crippen LogP) is 8.51. The molecule has 0 radical (unpaired) electrons. The molecule has 42 heavy (non-hydrogen) atoms. The number of nitrogens with one attached hydrogen (secondary N) is 1. The number of carbonyl (C=O) groups excluding carboxylic acids is 1. The number of aliphatic carboxylic acids is 1. The van der Waals surface area contributed by atoms with Crippen LogP contribution in [0.2, 0.25) is 0 Å². The van der Waals surface area contributed by atoms with E-state index in [4.69, 9.17) is 5.10 Å². The molecule has 2 N–H and O–H groups in total. The molecule has 5 fully saturated rings. The molecule has 5 saturated carbocycles. The van der Waals surface area contributed by atoms with Crippen molar-refractivity contribution in [1.82, 2.24) is 5.43 Å². The molecule has 1 aromatic carbocycles. The van der Waals surface area contributed by atoms with Crippen molar-refractivity contribution in [3.05, 3.63) is 48.0 Å². The van der Waals surface area contributed by atoms with Crippen LogP contribution in [-0.2, 0) is 4.79 Å². The number of rotatable bonds is 4. The van der Waals surface area contributed by atoms with Crippen LogP contribution in [0.4, 0.5) is 0 Å². The van der Waals surface area contributed by atoms with Crippen molar-refractivity contribution >= 4 is 17.6 Å². The molecule has 0 heterocycles. The molecule has 9 atom stereocenters. The fraction of sp³-hybridized carbons (Fsp3) is 0.703. The lowest BCUT2D eigenvalue weighted by atomic mass is 9.32. The molecule has 0 saturated heterocycles. The fourth-order valence-corrected chi connectivity index (χ4v) is 12.3. The molecular formula is C37H52N2O3. The molecule has 5 aliphatic rings. The number of hydrogen-bond acceptors (Lipinski definition) is 3. The van der Waals surface area contributed by atoms with Crippen molar-refractivity contribution in [3.8, 4) is 0 Å². The lowest BCUT2D eigenvalue weighted by molar-refractivity contribution is -0.230. The van der Waals surface area contributed by atoms with E-state index >= 15 is 0 Å². The third-order valence-corrected chi connectivity index (χ3v) is 14.6. The van der Waals surface area contributed by atoms with Gasteiger partial charge in [0.2, 0.25) is 0 Å². The van der Waals surface area contributed by atoms with Crippen molar-refractivity contribution in [1.29, 1.82) is 0 Å². The normalized spacial score (nSPS) is 44.7. The highest BCUT2D eigenvalue weighted by Gasteiger charge is 2.71. The first-order chi connectivity index (χ1) is 19.7. The summed E-state index contributed by atoms with van der Waals surface area (Å²) in [6.07, 6.45) is 10.3. The SMILES string of the molecule is C=C(C)C1CCC2(C(=O)O)CC[C@]3(C)[C@H](CC[C@@H]4[C@@]5(C)CC/C(=N\NC(=O)c6ccccc6)C(C)(C)[C@@H]5CC[C@]43C)[C@@H]12. The quantitative estimate of drug-likeness (QED) is 0.280. The number of nitrogens with zero attached hydrogens (tertiary/aromatic N) is 1. The van der Waals surface area contributed by atoms with Gasteiger partial charge in [0.15, 0.2) is 0 Å². The van der Waals surface area contributed by atoms with Crippen LogP contribution in [0.5, 0.6) is 0 Å². The highest BCUT2D eigenvalue weighted by molar-refractivity contribution is 5.96. The van der Waals surface area contributed by atoms with Crippen LogP contribution >= 0.6 is 0 Å². The average Bonchev–Trinajstić information content (AvgIpc) is 3.35. The van der Waals surface area contributed by atoms with E-state index in [1.165, 1.54) is 18.4 Å². The van der Waals surface area contributed by atoms with Crippen LogP contribution in [0.1, 0.15) is 116 Å². The Morgan fingerprint density at radius 2 is 1.60 bits per heavy atom. The average molecular weight is 573 g/mol. The molecule has 0 aromatic heterocycles. The van der Waals surface area contributed by atoms with Gasteiger partial charge in [-0.15, -0.1) is 0 Å². The lowest BCUT2D eigenvalue weighted by Crippen LogP contribution is -2.66. The summed E-state index contributed by atoms with van der Waals surface area (Å²) >= 11 is 0. The highest BCUT2D eigenvalue weighted by atomic mass is 16.4. The van der Waals surface area contributed by atoms with Crippen LogP contribution in [0.3, 0.4) is 0 Å². The summed E-state index contributed by atoms with van der Waals surface area (Å²) < 4.78 is 0. The number of fused-ring (bicyclic) bond motifs is 7. The molecule has 0 bridgehead atoms. The van der Waals surface area contributed by atoms with Gasteiger partial charge in [0.25, 0.3) is 5.91 Å². The minimum atomic E-state index is -0.569. The minimum Gasteiger partial charge on any atom is -0.481 e. The fourth-order valence-electron chi connectivity index (χ4n) is 12.3. The molecule has 6 rings (SSSR count). The van der Waals surface area contributed by atoms with Crippen LogP contribution < -0.4 is 5.43 Å². The van der Waals surface area contributed by atoms with Gasteiger partial charge in [0.05, 0.1) is 5.41 Å². The number of hydrogen-bond donors (Lipinski definition) is 2. The maximum absolute atomic E-state index is 12.9. The Morgan fingerprint density at radius 1 is 0.881 bits per heavy atom.